The molecule has 1 aliphatic heterocycles. The Morgan fingerprint density at radius 1 is 1.32 bits per heavy atom. The SMILES string of the molecule is O=C(O)c1cnc(C2CN(C(=O)OCc3ccccc3)C2)s1. The fraction of sp³-hybridized carbons (Fsp3) is 0.267. The van der Waals surface area contributed by atoms with Gasteiger partial charge in [-0.2, -0.15) is 0 Å². The maximum absolute atomic E-state index is 11.9. The summed E-state index contributed by atoms with van der Waals surface area (Å²) in [5.74, 6) is -0.871. The van der Waals surface area contributed by atoms with E-state index in [0.717, 1.165) is 21.9 Å². The Morgan fingerprint density at radius 3 is 2.68 bits per heavy atom. The summed E-state index contributed by atoms with van der Waals surface area (Å²) in [5, 5.41) is 9.63. The second-order valence-electron chi connectivity index (χ2n) is 5.01. The predicted molar refractivity (Wildman–Crippen MR) is 80.0 cm³/mol. The van der Waals surface area contributed by atoms with Crippen molar-refractivity contribution >= 4 is 23.4 Å². The monoisotopic (exact) mass is 318 g/mol. The third-order valence-corrected chi connectivity index (χ3v) is 4.58. The molecule has 3 rings (SSSR count). The van der Waals surface area contributed by atoms with Gasteiger partial charge in [0, 0.05) is 19.0 Å². The van der Waals surface area contributed by atoms with Crippen LogP contribution in [0.25, 0.3) is 0 Å². The lowest BCUT2D eigenvalue weighted by Gasteiger charge is -2.37. The van der Waals surface area contributed by atoms with E-state index in [0.29, 0.717) is 13.1 Å². The minimum absolute atomic E-state index is 0.0994. The number of carboxylic acid groups (broad SMARTS) is 1. The van der Waals surface area contributed by atoms with Crippen LogP contribution in [0, 0.1) is 0 Å². The van der Waals surface area contributed by atoms with Crippen molar-refractivity contribution in [3.8, 4) is 0 Å². The number of hydrogen-bond donors (Lipinski definition) is 1. The molecule has 0 saturated carbocycles. The number of rotatable bonds is 4. The molecule has 0 unspecified atom stereocenters. The standard InChI is InChI=1S/C15H14N2O4S/c18-14(19)12-6-16-13(22-12)11-7-17(8-11)15(20)21-9-10-4-2-1-3-5-10/h1-6,11H,7-9H2,(H,18,19). The van der Waals surface area contributed by atoms with Crippen molar-refractivity contribution in [2.45, 2.75) is 12.5 Å². The van der Waals surface area contributed by atoms with Gasteiger partial charge in [0.25, 0.3) is 0 Å². The molecule has 1 saturated heterocycles. The molecule has 1 aliphatic rings. The Kier molecular flexibility index (Phi) is 4.06. The minimum Gasteiger partial charge on any atom is -0.477 e. The molecule has 7 heteroatoms. The molecule has 1 amide bonds. The molecular weight excluding hydrogens is 304 g/mol. The second-order valence-corrected chi connectivity index (χ2v) is 6.07. The van der Waals surface area contributed by atoms with Crippen LogP contribution < -0.4 is 0 Å². The van der Waals surface area contributed by atoms with Crippen LogP contribution in [0.2, 0.25) is 0 Å². The molecule has 1 N–H and O–H groups in total. The van der Waals surface area contributed by atoms with Gasteiger partial charge in [-0.05, 0) is 5.56 Å². The van der Waals surface area contributed by atoms with E-state index >= 15 is 0 Å². The predicted octanol–water partition coefficient (Wildman–Crippen LogP) is 2.58. The van der Waals surface area contributed by atoms with Gasteiger partial charge in [0.2, 0.25) is 0 Å². The summed E-state index contributed by atoms with van der Waals surface area (Å²) < 4.78 is 5.24. The molecule has 22 heavy (non-hydrogen) atoms. The van der Waals surface area contributed by atoms with Gasteiger partial charge in [-0.3, -0.25) is 0 Å². The van der Waals surface area contributed by atoms with Crippen LogP contribution in [0.3, 0.4) is 0 Å². The number of likely N-dealkylation sites (tertiary alicyclic amines) is 1. The summed E-state index contributed by atoms with van der Waals surface area (Å²) in [6.45, 7) is 1.28. The third-order valence-electron chi connectivity index (χ3n) is 3.43. The van der Waals surface area contributed by atoms with E-state index in [1.807, 2.05) is 30.3 Å². The van der Waals surface area contributed by atoms with Crippen LogP contribution in [-0.2, 0) is 11.3 Å². The molecule has 0 atom stereocenters. The zero-order valence-electron chi connectivity index (χ0n) is 11.6. The Bertz CT molecular complexity index is 680. The molecular formula is C15H14N2O4S. The maximum Gasteiger partial charge on any atom is 0.410 e. The van der Waals surface area contributed by atoms with E-state index in [9.17, 15) is 9.59 Å². The van der Waals surface area contributed by atoms with Crippen LogP contribution >= 0.6 is 11.3 Å². The normalized spacial score (nSPS) is 14.5. The van der Waals surface area contributed by atoms with Gasteiger partial charge in [-0.15, -0.1) is 11.3 Å². The van der Waals surface area contributed by atoms with Gasteiger partial charge in [0.05, 0.1) is 11.2 Å². The molecule has 0 bridgehead atoms. The molecule has 1 aromatic heterocycles. The number of thiazole rings is 1. The number of ether oxygens (including phenoxy) is 1. The van der Waals surface area contributed by atoms with Gasteiger partial charge in [0.15, 0.2) is 0 Å². The minimum atomic E-state index is -0.970. The van der Waals surface area contributed by atoms with E-state index in [1.165, 1.54) is 6.20 Å². The van der Waals surface area contributed by atoms with Crippen LogP contribution in [-0.4, -0.2) is 40.1 Å². The Morgan fingerprint density at radius 2 is 2.05 bits per heavy atom. The molecule has 2 aromatic rings. The molecule has 2 heterocycles. The number of carbonyl (C=O) groups is 2. The zero-order chi connectivity index (χ0) is 15.5. The average molecular weight is 318 g/mol. The summed E-state index contributed by atoms with van der Waals surface area (Å²) in [5.41, 5.74) is 0.943. The van der Waals surface area contributed by atoms with Crippen molar-refractivity contribution in [2.75, 3.05) is 13.1 Å². The van der Waals surface area contributed by atoms with Gasteiger partial charge < -0.3 is 14.7 Å². The van der Waals surface area contributed by atoms with Crippen LogP contribution in [0.4, 0.5) is 4.79 Å². The summed E-state index contributed by atoms with van der Waals surface area (Å²) in [7, 11) is 0. The molecule has 6 nitrogen and oxygen atoms in total. The Hall–Kier alpha value is -2.41. The number of benzene rings is 1. The quantitative estimate of drug-likeness (QED) is 0.937. The highest BCUT2D eigenvalue weighted by Gasteiger charge is 2.35. The molecule has 0 radical (unpaired) electrons. The first-order valence-corrected chi connectivity index (χ1v) is 7.60. The van der Waals surface area contributed by atoms with E-state index in [2.05, 4.69) is 4.98 Å². The molecule has 1 fully saturated rings. The first kappa shape index (κ1) is 14.5. The summed E-state index contributed by atoms with van der Waals surface area (Å²) in [6.07, 6.45) is 1.01. The number of aromatic carboxylic acids is 1. The summed E-state index contributed by atoms with van der Waals surface area (Å²) in [6, 6.07) is 9.49. The van der Waals surface area contributed by atoms with Crippen molar-refractivity contribution in [2.24, 2.45) is 0 Å². The largest absolute Gasteiger partial charge is 0.477 e. The van der Waals surface area contributed by atoms with Gasteiger partial charge in [-0.25, -0.2) is 14.6 Å². The first-order valence-electron chi connectivity index (χ1n) is 6.78. The number of nitrogens with zero attached hydrogens (tertiary/aromatic N) is 2. The summed E-state index contributed by atoms with van der Waals surface area (Å²) in [4.78, 5) is 28.6. The number of carbonyl (C=O) groups excluding carboxylic acids is 1. The smallest absolute Gasteiger partial charge is 0.410 e. The Balaban J connectivity index is 1.48. The molecule has 1 aromatic carbocycles. The topological polar surface area (TPSA) is 79.7 Å². The van der Waals surface area contributed by atoms with Crippen molar-refractivity contribution in [3.63, 3.8) is 0 Å². The van der Waals surface area contributed by atoms with Crippen molar-refractivity contribution in [3.05, 3.63) is 52.0 Å². The Labute approximate surface area is 131 Å². The zero-order valence-corrected chi connectivity index (χ0v) is 12.5. The number of carboxylic acids is 1. The highest BCUT2D eigenvalue weighted by atomic mass is 32.1. The van der Waals surface area contributed by atoms with Gasteiger partial charge in [-0.1, -0.05) is 30.3 Å². The lowest BCUT2D eigenvalue weighted by atomic mass is 10.0. The van der Waals surface area contributed by atoms with Crippen molar-refractivity contribution < 1.29 is 19.4 Å². The highest BCUT2D eigenvalue weighted by molar-refractivity contribution is 7.13. The number of hydrogen-bond acceptors (Lipinski definition) is 5. The number of amides is 1. The fourth-order valence-electron chi connectivity index (χ4n) is 2.17. The molecule has 0 spiro atoms. The third kappa shape index (κ3) is 3.09. The average Bonchev–Trinajstić information content (AvgIpc) is 2.94. The van der Waals surface area contributed by atoms with E-state index in [-0.39, 0.29) is 23.5 Å². The second kappa shape index (κ2) is 6.15. The van der Waals surface area contributed by atoms with Crippen molar-refractivity contribution in [1.29, 1.82) is 0 Å². The number of aromatic nitrogens is 1. The molecule has 0 aliphatic carbocycles. The van der Waals surface area contributed by atoms with Crippen LogP contribution in [0.1, 0.15) is 26.2 Å². The van der Waals surface area contributed by atoms with Crippen LogP contribution in [0.15, 0.2) is 36.5 Å². The fourth-order valence-corrected chi connectivity index (χ4v) is 3.01. The van der Waals surface area contributed by atoms with E-state index in [1.54, 1.807) is 4.90 Å². The van der Waals surface area contributed by atoms with Gasteiger partial charge >= 0.3 is 12.1 Å². The van der Waals surface area contributed by atoms with E-state index in [4.69, 9.17) is 9.84 Å². The van der Waals surface area contributed by atoms with Crippen LogP contribution in [0.5, 0.6) is 0 Å². The molecule has 114 valence electrons. The lowest BCUT2D eigenvalue weighted by Crippen LogP contribution is -2.48. The highest BCUT2D eigenvalue weighted by Crippen LogP contribution is 2.30. The van der Waals surface area contributed by atoms with E-state index < -0.39 is 5.97 Å². The van der Waals surface area contributed by atoms with Crippen molar-refractivity contribution in [1.82, 2.24) is 9.88 Å². The lowest BCUT2D eigenvalue weighted by molar-refractivity contribution is 0.0662. The van der Waals surface area contributed by atoms with Gasteiger partial charge in [0.1, 0.15) is 11.5 Å². The maximum atomic E-state index is 11.9. The summed E-state index contributed by atoms with van der Waals surface area (Å²) >= 11 is 1.16. The first-order chi connectivity index (χ1) is 10.6.